The third-order valence-electron chi connectivity index (χ3n) is 3.45. The molecule has 0 fully saturated rings. The summed E-state index contributed by atoms with van der Waals surface area (Å²) in [7, 11) is 0. The molecule has 1 aromatic heterocycles. The predicted octanol–water partition coefficient (Wildman–Crippen LogP) is 2.22. The number of benzene rings is 1. The summed E-state index contributed by atoms with van der Waals surface area (Å²) in [5.41, 5.74) is 3.10. The van der Waals surface area contributed by atoms with Crippen LogP contribution < -0.4 is 5.32 Å². The zero-order chi connectivity index (χ0) is 13.2. The van der Waals surface area contributed by atoms with Crippen LogP contribution in [0.5, 0.6) is 0 Å². The standard InChI is InChI=1S/C14H13N3O2/c18-17(19)13-9-15-7-6-12(13)14-11-4-2-1-3-10(11)5-8-16-14/h1-4,6-7,9,14,16H,5,8H2. The number of fused-ring (bicyclic) bond motifs is 1. The summed E-state index contributed by atoms with van der Waals surface area (Å²) in [6, 6.07) is 9.66. The molecule has 0 radical (unpaired) electrons. The lowest BCUT2D eigenvalue weighted by Gasteiger charge is -2.26. The largest absolute Gasteiger partial charge is 0.306 e. The molecule has 0 amide bonds. The summed E-state index contributed by atoms with van der Waals surface area (Å²) in [6.07, 6.45) is 3.86. The SMILES string of the molecule is O=[N+]([O-])c1cnccc1C1NCCc2ccccc21. The van der Waals surface area contributed by atoms with Crippen LogP contribution in [0, 0.1) is 10.1 Å². The molecule has 5 heteroatoms. The molecular weight excluding hydrogens is 242 g/mol. The fourth-order valence-electron chi connectivity index (χ4n) is 2.58. The normalized spacial score (nSPS) is 17.8. The van der Waals surface area contributed by atoms with Gasteiger partial charge in [-0.1, -0.05) is 24.3 Å². The maximum atomic E-state index is 11.1. The van der Waals surface area contributed by atoms with Gasteiger partial charge in [-0.15, -0.1) is 0 Å². The smallest absolute Gasteiger partial charge is 0.292 e. The van der Waals surface area contributed by atoms with Gasteiger partial charge in [0.25, 0.3) is 5.69 Å². The number of nitrogens with one attached hydrogen (secondary N) is 1. The van der Waals surface area contributed by atoms with Gasteiger partial charge in [0.15, 0.2) is 0 Å². The molecule has 0 spiro atoms. The summed E-state index contributed by atoms with van der Waals surface area (Å²) in [6.45, 7) is 0.821. The van der Waals surface area contributed by atoms with E-state index in [1.54, 1.807) is 12.3 Å². The second kappa shape index (κ2) is 4.78. The minimum absolute atomic E-state index is 0.0664. The molecule has 0 aliphatic carbocycles. The zero-order valence-electron chi connectivity index (χ0n) is 10.2. The molecule has 2 aromatic rings. The van der Waals surface area contributed by atoms with E-state index in [1.165, 1.54) is 11.8 Å². The van der Waals surface area contributed by atoms with Crippen LogP contribution in [0.2, 0.25) is 0 Å². The van der Waals surface area contributed by atoms with Crippen LogP contribution in [-0.4, -0.2) is 16.5 Å². The quantitative estimate of drug-likeness (QED) is 0.660. The summed E-state index contributed by atoms with van der Waals surface area (Å²) in [5.74, 6) is 0. The second-order valence-corrected chi connectivity index (χ2v) is 4.53. The molecule has 3 rings (SSSR count). The first-order chi connectivity index (χ1) is 9.27. The third kappa shape index (κ3) is 2.08. The first kappa shape index (κ1) is 11.8. The fourth-order valence-corrected chi connectivity index (χ4v) is 2.58. The Morgan fingerprint density at radius 3 is 2.95 bits per heavy atom. The lowest BCUT2D eigenvalue weighted by Crippen LogP contribution is -2.31. The van der Waals surface area contributed by atoms with Crippen molar-refractivity contribution in [3.05, 3.63) is 69.5 Å². The van der Waals surface area contributed by atoms with Crippen LogP contribution >= 0.6 is 0 Å². The van der Waals surface area contributed by atoms with Crippen LogP contribution in [0.3, 0.4) is 0 Å². The molecule has 0 bridgehead atoms. The van der Waals surface area contributed by atoms with Crippen LogP contribution in [0.4, 0.5) is 5.69 Å². The number of nitro groups is 1. The molecule has 1 unspecified atom stereocenters. The van der Waals surface area contributed by atoms with Gasteiger partial charge in [-0.3, -0.25) is 15.1 Å². The van der Waals surface area contributed by atoms with Crippen LogP contribution in [0.15, 0.2) is 42.7 Å². The fraction of sp³-hybridized carbons (Fsp3) is 0.214. The summed E-state index contributed by atoms with van der Waals surface area (Å²) in [4.78, 5) is 14.6. The molecule has 5 nitrogen and oxygen atoms in total. The van der Waals surface area contributed by atoms with E-state index in [4.69, 9.17) is 0 Å². The van der Waals surface area contributed by atoms with Crippen molar-refractivity contribution in [2.75, 3.05) is 6.54 Å². The van der Waals surface area contributed by atoms with Crippen molar-refractivity contribution in [1.29, 1.82) is 0 Å². The molecule has 1 N–H and O–H groups in total. The number of hydrogen-bond acceptors (Lipinski definition) is 4. The van der Waals surface area contributed by atoms with Crippen molar-refractivity contribution < 1.29 is 4.92 Å². The highest BCUT2D eigenvalue weighted by molar-refractivity contribution is 5.47. The van der Waals surface area contributed by atoms with Crippen molar-refractivity contribution in [1.82, 2.24) is 10.3 Å². The van der Waals surface area contributed by atoms with Crippen molar-refractivity contribution in [3.63, 3.8) is 0 Å². The summed E-state index contributed by atoms with van der Waals surface area (Å²) >= 11 is 0. The lowest BCUT2D eigenvalue weighted by atomic mass is 9.90. The monoisotopic (exact) mass is 255 g/mol. The van der Waals surface area contributed by atoms with Gasteiger partial charge in [0.05, 0.1) is 16.5 Å². The molecule has 96 valence electrons. The predicted molar refractivity (Wildman–Crippen MR) is 70.9 cm³/mol. The Morgan fingerprint density at radius 2 is 2.11 bits per heavy atom. The van der Waals surface area contributed by atoms with E-state index >= 15 is 0 Å². The average Bonchev–Trinajstić information content (AvgIpc) is 2.46. The minimum Gasteiger partial charge on any atom is -0.306 e. The van der Waals surface area contributed by atoms with Crippen LogP contribution in [-0.2, 0) is 6.42 Å². The van der Waals surface area contributed by atoms with Gasteiger partial charge in [0, 0.05) is 12.7 Å². The Balaban J connectivity index is 2.12. The molecule has 1 aromatic carbocycles. The maximum absolute atomic E-state index is 11.1. The molecule has 1 atom stereocenters. The number of aromatic nitrogens is 1. The first-order valence-electron chi connectivity index (χ1n) is 6.17. The Bertz CT molecular complexity index is 628. The van der Waals surface area contributed by atoms with E-state index in [0.29, 0.717) is 5.56 Å². The minimum atomic E-state index is -0.374. The van der Waals surface area contributed by atoms with E-state index in [0.717, 1.165) is 18.5 Å². The van der Waals surface area contributed by atoms with Gasteiger partial charge in [-0.2, -0.15) is 0 Å². The maximum Gasteiger partial charge on any atom is 0.292 e. The Kier molecular flexibility index (Phi) is 2.97. The van der Waals surface area contributed by atoms with Gasteiger partial charge < -0.3 is 5.32 Å². The van der Waals surface area contributed by atoms with Gasteiger partial charge in [-0.05, 0) is 23.6 Å². The summed E-state index contributed by atoms with van der Waals surface area (Å²) < 4.78 is 0. The highest BCUT2D eigenvalue weighted by Gasteiger charge is 2.27. The molecule has 2 heterocycles. The number of pyridine rings is 1. The number of rotatable bonds is 2. The van der Waals surface area contributed by atoms with E-state index in [2.05, 4.69) is 16.4 Å². The highest BCUT2D eigenvalue weighted by atomic mass is 16.6. The molecule has 0 saturated carbocycles. The average molecular weight is 255 g/mol. The van der Waals surface area contributed by atoms with Gasteiger partial charge in [0.2, 0.25) is 0 Å². The summed E-state index contributed by atoms with van der Waals surface area (Å²) in [5, 5.41) is 14.5. The Morgan fingerprint density at radius 1 is 1.26 bits per heavy atom. The topological polar surface area (TPSA) is 68.1 Å². The van der Waals surface area contributed by atoms with Crippen molar-refractivity contribution in [3.8, 4) is 0 Å². The van der Waals surface area contributed by atoms with Gasteiger partial charge in [0.1, 0.15) is 6.20 Å². The lowest BCUT2D eigenvalue weighted by molar-refractivity contribution is -0.386. The van der Waals surface area contributed by atoms with Crippen molar-refractivity contribution in [2.24, 2.45) is 0 Å². The van der Waals surface area contributed by atoms with Gasteiger partial charge >= 0.3 is 0 Å². The van der Waals surface area contributed by atoms with E-state index in [9.17, 15) is 10.1 Å². The van der Waals surface area contributed by atoms with Crippen LogP contribution in [0.1, 0.15) is 22.7 Å². The molecule has 19 heavy (non-hydrogen) atoms. The number of nitrogens with zero attached hydrogens (tertiary/aromatic N) is 2. The molecular formula is C14H13N3O2. The highest BCUT2D eigenvalue weighted by Crippen LogP contribution is 2.32. The Hall–Kier alpha value is -2.27. The van der Waals surface area contributed by atoms with E-state index in [-0.39, 0.29) is 16.7 Å². The third-order valence-corrected chi connectivity index (χ3v) is 3.45. The van der Waals surface area contributed by atoms with Crippen molar-refractivity contribution >= 4 is 5.69 Å². The number of hydrogen-bond donors (Lipinski definition) is 1. The first-order valence-corrected chi connectivity index (χ1v) is 6.17. The molecule has 1 aliphatic rings. The van der Waals surface area contributed by atoms with E-state index < -0.39 is 0 Å². The van der Waals surface area contributed by atoms with Crippen LogP contribution in [0.25, 0.3) is 0 Å². The molecule has 1 aliphatic heterocycles. The van der Waals surface area contributed by atoms with Crippen molar-refractivity contribution in [2.45, 2.75) is 12.5 Å². The van der Waals surface area contributed by atoms with E-state index in [1.807, 2.05) is 18.2 Å². The van der Waals surface area contributed by atoms with Gasteiger partial charge in [-0.25, -0.2) is 0 Å². The second-order valence-electron chi connectivity index (χ2n) is 4.53. The Labute approximate surface area is 110 Å². The molecule has 0 saturated heterocycles. The zero-order valence-corrected chi connectivity index (χ0v) is 10.2.